The molecule has 0 N–H and O–H groups in total. The lowest BCUT2D eigenvalue weighted by Crippen LogP contribution is -2.21. The van der Waals surface area contributed by atoms with Crippen LogP contribution in [-0.2, 0) is 6.54 Å². The van der Waals surface area contributed by atoms with Gasteiger partial charge in [0.25, 0.3) is 5.56 Å². The molecular formula is C20H14FN3O3. The van der Waals surface area contributed by atoms with Crippen LogP contribution in [-0.4, -0.2) is 21.0 Å². The van der Waals surface area contributed by atoms with Gasteiger partial charge >= 0.3 is 0 Å². The van der Waals surface area contributed by atoms with Crippen LogP contribution in [0, 0.1) is 5.82 Å². The van der Waals surface area contributed by atoms with Crippen molar-refractivity contribution in [2.75, 3.05) is 6.79 Å². The first-order chi connectivity index (χ1) is 13.2. The first-order valence-corrected chi connectivity index (χ1v) is 8.41. The van der Waals surface area contributed by atoms with E-state index in [9.17, 15) is 9.18 Å². The molecule has 0 saturated heterocycles. The monoisotopic (exact) mass is 363 g/mol. The molecule has 0 amide bonds. The molecule has 0 fully saturated rings. The first kappa shape index (κ1) is 15.6. The van der Waals surface area contributed by atoms with Crippen molar-refractivity contribution in [1.82, 2.24) is 14.2 Å². The maximum atomic E-state index is 13.1. The zero-order valence-electron chi connectivity index (χ0n) is 14.1. The average Bonchev–Trinajstić information content (AvgIpc) is 3.32. The number of hydrogen-bond acceptors (Lipinski definition) is 4. The fourth-order valence-electron chi connectivity index (χ4n) is 3.13. The minimum atomic E-state index is -0.300. The van der Waals surface area contributed by atoms with Crippen LogP contribution < -0.4 is 15.0 Å². The summed E-state index contributed by atoms with van der Waals surface area (Å²) in [6.45, 7) is 0.568. The number of ether oxygens (including phenoxy) is 2. The van der Waals surface area contributed by atoms with Crippen molar-refractivity contribution in [3.05, 3.63) is 82.7 Å². The molecule has 134 valence electrons. The Bertz CT molecular complexity index is 1210. The van der Waals surface area contributed by atoms with Crippen LogP contribution in [0.15, 0.2) is 65.7 Å². The summed E-state index contributed by atoms with van der Waals surface area (Å²) in [6.07, 6.45) is 3.41. The molecule has 1 aliphatic heterocycles. The summed E-state index contributed by atoms with van der Waals surface area (Å²) in [5, 5.41) is 4.49. The van der Waals surface area contributed by atoms with Crippen molar-refractivity contribution < 1.29 is 13.9 Å². The largest absolute Gasteiger partial charge is 0.454 e. The topological polar surface area (TPSA) is 57.8 Å². The van der Waals surface area contributed by atoms with Crippen molar-refractivity contribution in [2.45, 2.75) is 6.54 Å². The Kier molecular flexibility index (Phi) is 3.46. The van der Waals surface area contributed by atoms with Crippen LogP contribution in [0.5, 0.6) is 11.5 Å². The van der Waals surface area contributed by atoms with Crippen LogP contribution >= 0.6 is 0 Å². The zero-order valence-corrected chi connectivity index (χ0v) is 14.1. The predicted octanol–water partition coefficient (Wildman–Crippen LogP) is 3.08. The Hall–Kier alpha value is -3.61. The number of hydrogen-bond donors (Lipinski definition) is 0. The van der Waals surface area contributed by atoms with E-state index in [4.69, 9.17) is 9.47 Å². The number of fused-ring (bicyclic) bond motifs is 2. The molecule has 0 saturated carbocycles. The number of nitrogens with zero attached hydrogens (tertiary/aromatic N) is 3. The maximum Gasteiger partial charge on any atom is 0.276 e. The summed E-state index contributed by atoms with van der Waals surface area (Å²) in [7, 11) is 0. The summed E-state index contributed by atoms with van der Waals surface area (Å²) in [4.78, 5) is 12.8. The van der Waals surface area contributed by atoms with Crippen LogP contribution in [0.25, 0.3) is 16.8 Å². The van der Waals surface area contributed by atoms with E-state index in [0.29, 0.717) is 29.3 Å². The lowest BCUT2D eigenvalue weighted by atomic mass is 10.1. The molecule has 0 unspecified atom stereocenters. The minimum absolute atomic E-state index is 0.165. The van der Waals surface area contributed by atoms with Gasteiger partial charge in [-0.3, -0.25) is 4.79 Å². The molecule has 6 nitrogen and oxygen atoms in total. The van der Waals surface area contributed by atoms with Gasteiger partial charge in [0.2, 0.25) is 6.79 Å². The van der Waals surface area contributed by atoms with E-state index in [-0.39, 0.29) is 18.2 Å². The SMILES string of the molecule is O=c1c2cc(-c3ccc4c(c3)OCO4)nn2ccn1Cc1ccc(F)cc1. The lowest BCUT2D eigenvalue weighted by Gasteiger charge is -2.06. The quantitative estimate of drug-likeness (QED) is 0.561. The van der Waals surface area contributed by atoms with E-state index >= 15 is 0 Å². The Morgan fingerprint density at radius 1 is 1.00 bits per heavy atom. The highest BCUT2D eigenvalue weighted by atomic mass is 19.1. The number of benzene rings is 2. The molecule has 5 rings (SSSR count). The standard InChI is InChI=1S/C20H14FN3O3/c21-15-4-1-13(2-5-15)11-23-7-8-24-17(20(23)25)10-16(22-24)14-3-6-18-19(9-14)27-12-26-18/h1-10H,11-12H2. The number of halogens is 1. The predicted molar refractivity (Wildman–Crippen MR) is 96.5 cm³/mol. The number of aromatic nitrogens is 3. The summed E-state index contributed by atoms with van der Waals surface area (Å²) < 4.78 is 26.9. The fourth-order valence-corrected chi connectivity index (χ4v) is 3.13. The van der Waals surface area contributed by atoms with Crippen LogP contribution in [0.3, 0.4) is 0 Å². The normalized spacial score (nSPS) is 12.6. The van der Waals surface area contributed by atoms with E-state index in [1.165, 1.54) is 12.1 Å². The van der Waals surface area contributed by atoms with Gasteiger partial charge in [0.15, 0.2) is 11.5 Å². The van der Waals surface area contributed by atoms with E-state index in [1.807, 2.05) is 18.2 Å². The first-order valence-electron chi connectivity index (χ1n) is 8.41. The fraction of sp³-hybridized carbons (Fsp3) is 0.100. The molecule has 7 heteroatoms. The second kappa shape index (κ2) is 5.98. The van der Waals surface area contributed by atoms with Gasteiger partial charge in [0.05, 0.1) is 12.2 Å². The Labute approximate surface area is 153 Å². The van der Waals surface area contributed by atoms with E-state index < -0.39 is 0 Å². The van der Waals surface area contributed by atoms with Gasteiger partial charge in [-0.05, 0) is 42.0 Å². The highest BCUT2D eigenvalue weighted by Crippen LogP contribution is 2.35. The Morgan fingerprint density at radius 3 is 2.67 bits per heavy atom. The molecule has 0 bridgehead atoms. The smallest absolute Gasteiger partial charge is 0.276 e. The second-order valence-electron chi connectivity index (χ2n) is 6.29. The summed E-state index contributed by atoms with van der Waals surface area (Å²) in [6, 6.07) is 13.4. The third kappa shape index (κ3) is 2.73. The van der Waals surface area contributed by atoms with Gasteiger partial charge in [0.1, 0.15) is 11.3 Å². The average molecular weight is 363 g/mol. The van der Waals surface area contributed by atoms with E-state index in [0.717, 1.165) is 11.1 Å². The second-order valence-corrected chi connectivity index (χ2v) is 6.29. The van der Waals surface area contributed by atoms with E-state index in [1.54, 1.807) is 39.7 Å². The third-order valence-corrected chi connectivity index (χ3v) is 4.54. The van der Waals surface area contributed by atoms with Crippen molar-refractivity contribution >= 4 is 5.52 Å². The molecule has 0 spiro atoms. The molecule has 2 aromatic carbocycles. The van der Waals surface area contributed by atoms with Crippen LogP contribution in [0.1, 0.15) is 5.56 Å². The summed E-state index contributed by atoms with van der Waals surface area (Å²) in [5.74, 6) is 1.06. The van der Waals surface area contributed by atoms with E-state index in [2.05, 4.69) is 5.10 Å². The van der Waals surface area contributed by atoms with Gasteiger partial charge in [-0.2, -0.15) is 5.10 Å². The summed E-state index contributed by atoms with van der Waals surface area (Å²) >= 11 is 0. The minimum Gasteiger partial charge on any atom is -0.454 e. The third-order valence-electron chi connectivity index (χ3n) is 4.54. The molecule has 1 aliphatic rings. The highest BCUT2D eigenvalue weighted by Gasteiger charge is 2.16. The maximum absolute atomic E-state index is 13.1. The molecule has 0 atom stereocenters. The van der Waals surface area contributed by atoms with Gasteiger partial charge in [-0.15, -0.1) is 0 Å². The molecule has 27 heavy (non-hydrogen) atoms. The molecule has 0 radical (unpaired) electrons. The van der Waals surface area contributed by atoms with Crippen LogP contribution in [0.4, 0.5) is 4.39 Å². The Balaban J connectivity index is 1.53. The number of rotatable bonds is 3. The molecule has 4 aromatic rings. The van der Waals surface area contributed by atoms with Gasteiger partial charge < -0.3 is 14.0 Å². The highest BCUT2D eigenvalue weighted by molar-refractivity contribution is 5.68. The summed E-state index contributed by atoms with van der Waals surface area (Å²) in [5.41, 5.74) is 2.66. The Morgan fingerprint density at radius 2 is 1.81 bits per heavy atom. The van der Waals surface area contributed by atoms with Crippen molar-refractivity contribution in [1.29, 1.82) is 0 Å². The lowest BCUT2D eigenvalue weighted by molar-refractivity contribution is 0.174. The van der Waals surface area contributed by atoms with Crippen molar-refractivity contribution in [3.8, 4) is 22.8 Å². The van der Waals surface area contributed by atoms with Gasteiger partial charge in [-0.1, -0.05) is 12.1 Å². The molecular weight excluding hydrogens is 349 g/mol. The molecule has 3 heterocycles. The van der Waals surface area contributed by atoms with Crippen LogP contribution in [0.2, 0.25) is 0 Å². The van der Waals surface area contributed by atoms with Crippen molar-refractivity contribution in [3.63, 3.8) is 0 Å². The van der Waals surface area contributed by atoms with Gasteiger partial charge in [0, 0.05) is 18.0 Å². The van der Waals surface area contributed by atoms with Gasteiger partial charge in [-0.25, -0.2) is 8.91 Å². The van der Waals surface area contributed by atoms with Crippen molar-refractivity contribution in [2.24, 2.45) is 0 Å². The molecule has 2 aromatic heterocycles. The molecule has 0 aliphatic carbocycles. The zero-order chi connectivity index (χ0) is 18.4.